The van der Waals surface area contributed by atoms with Gasteiger partial charge in [-0.3, -0.25) is 14.6 Å². The van der Waals surface area contributed by atoms with Crippen LogP contribution in [0.25, 0.3) is 0 Å². The van der Waals surface area contributed by atoms with Gasteiger partial charge in [0.2, 0.25) is 11.9 Å². The quantitative estimate of drug-likeness (QED) is 0.405. The number of nitrogens with zero attached hydrogens (tertiary/aromatic N) is 6. The fourth-order valence-corrected chi connectivity index (χ4v) is 3.88. The number of rotatable bonds is 5. The van der Waals surface area contributed by atoms with Gasteiger partial charge in [0.15, 0.2) is 5.96 Å². The smallest absolute Gasteiger partial charge is 0.308 e. The van der Waals surface area contributed by atoms with Gasteiger partial charge in [-0.1, -0.05) is 0 Å². The fraction of sp³-hybridized carbons (Fsp3) is 0.650. The Morgan fingerprint density at radius 2 is 1.77 bits per heavy atom. The van der Waals surface area contributed by atoms with Crippen molar-refractivity contribution in [3.05, 3.63) is 18.5 Å². The van der Waals surface area contributed by atoms with Crippen LogP contribution in [0, 0.1) is 5.92 Å². The standard InChI is InChI=1S/C20H31N7O3/c1-21-19(26-10-5-16(6-11-26)18(29)30-2)24-9-4-17(28)25-12-14-27(15-13-25)20-22-7-3-8-23-20/h3,7-8,16H,4-6,9-15H2,1-2H3,(H,21,24). The molecule has 1 aromatic rings. The van der Waals surface area contributed by atoms with Gasteiger partial charge >= 0.3 is 5.97 Å². The second-order valence-electron chi connectivity index (χ2n) is 7.43. The Hall–Kier alpha value is -2.91. The van der Waals surface area contributed by atoms with Crippen LogP contribution in [0.2, 0.25) is 0 Å². The van der Waals surface area contributed by atoms with Crippen molar-refractivity contribution < 1.29 is 14.3 Å². The summed E-state index contributed by atoms with van der Waals surface area (Å²) in [5.74, 6) is 1.45. The van der Waals surface area contributed by atoms with Gasteiger partial charge in [0, 0.05) is 71.7 Å². The molecular formula is C20H31N7O3. The Bertz CT molecular complexity index is 727. The summed E-state index contributed by atoms with van der Waals surface area (Å²) in [5, 5.41) is 3.28. The van der Waals surface area contributed by atoms with Crippen molar-refractivity contribution in [1.82, 2.24) is 25.1 Å². The van der Waals surface area contributed by atoms with E-state index in [0.717, 1.165) is 45.0 Å². The van der Waals surface area contributed by atoms with Crippen molar-refractivity contribution in [2.45, 2.75) is 19.3 Å². The Kier molecular flexibility index (Phi) is 7.81. The minimum Gasteiger partial charge on any atom is -0.469 e. The first-order valence-corrected chi connectivity index (χ1v) is 10.5. The van der Waals surface area contributed by atoms with E-state index >= 15 is 0 Å². The molecule has 1 N–H and O–H groups in total. The van der Waals surface area contributed by atoms with Crippen molar-refractivity contribution in [3.63, 3.8) is 0 Å². The molecule has 0 spiro atoms. The van der Waals surface area contributed by atoms with Crippen molar-refractivity contribution in [2.75, 3.05) is 64.9 Å². The number of piperidine rings is 1. The lowest BCUT2D eigenvalue weighted by molar-refractivity contribution is -0.146. The molecule has 0 unspecified atom stereocenters. The molecule has 0 bridgehead atoms. The van der Waals surface area contributed by atoms with Crippen LogP contribution in [-0.2, 0) is 14.3 Å². The number of aromatic nitrogens is 2. The number of piperazine rings is 1. The van der Waals surface area contributed by atoms with Crippen LogP contribution in [0.15, 0.2) is 23.5 Å². The summed E-state index contributed by atoms with van der Waals surface area (Å²) in [6.45, 7) is 4.85. The maximum atomic E-state index is 12.6. The number of carbonyl (C=O) groups is 2. The van der Waals surface area contributed by atoms with Crippen LogP contribution >= 0.6 is 0 Å². The maximum absolute atomic E-state index is 12.6. The minimum absolute atomic E-state index is 0.0362. The molecule has 0 saturated carbocycles. The zero-order valence-electron chi connectivity index (χ0n) is 17.8. The number of likely N-dealkylation sites (tertiary alicyclic amines) is 1. The zero-order valence-corrected chi connectivity index (χ0v) is 17.8. The summed E-state index contributed by atoms with van der Waals surface area (Å²) in [6, 6.07) is 1.80. The molecule has 164 valence electrons. The van der Waals surface area contributed by atoms with Crippen molar-refractivity contribution in [3.8, 4) is 0 Å². The lowest BCUT2D eigenvalue weighted by atomic mass is 9.97. The molecule has 3 heterocycles. The average Bonchev–Trinajstić information content (AvgIpc) is 2.82. The second-order valence-corrected chi connectivity index (χ2v) is 7.43. The first kappa shape index (κ1) is 21.8. The number of methoxy groups -OCH3 is 1. The van der Waals surface area contributed by atoms with Gasteiger partial charge in [-0.25, -0.2) is 9.97 Å². The van der Waals surface area contributed by atoms with Gasteiger partial charge in [-0.2, -0.15) is 0 Å². The number of carbonyl (C=O) groups excluding carboxylic acids is 2. The van der Waals surface area contributed by atoms with Crippen molar-refractivity contribution in [1.29, 1.82) is 0 Å². The molecule has 30 heavy (non-hydrogen) atoms. The molecule has 2 aliphatic rings. The Labute approximate surface area is 177 Å². The third-order valence-electron chi connectivity index (χ3n) is 5.63. The van der Waals surface area contributed by atoms with E-state index in [-0.39, 0.29) is 17.8 Å². The number of guanidine groups is 1. The lowest BCUT2D eigenvalue weighted by Crippen LogP contribution is -2.50. The highest BCUT2D eigenvalue weighted by Crippen LogP contribution is 2.18. The van der Waals surface area contributed by atoms with Crippen LogP contribution < -0.4 is 10.2 Å². The van der Waals surface area contributed by atoms with Gasteiger partial charge in [0.1, 0.15) is 0 Å². The van der Waals surface area contributed by atoms with E-state index in [4.69, 9.17) is 4.74 Å². The van der Waals surface area contributed by atoms with E-state index in [0.29, 0.717) is 32.0 Å². The normalized spacial score (nSPS) is 18.3. The molecule has 2 aliphatic heterocycles. The van der Waals surface area contributed by atoms with Crippen LogP contribution in [-0.4, -0.2) is 97.6 Å². The molecule has 0 aliphatic carbocycles. The predicted octanol–water partition coefficient (Wildman–Crippen LogP) is -0.0243. The van der Waals surface area contributed by atoms with Crippen molar-refractivity contribution in [2.24, 2.45) is 10.9 Å². The minimum atomic E-state index is -0.137. The highest BCUT2D eigenvalue weighted by Gasteiger charge is 2.27. The largest absolute Gasteiger partial charge is 0.469 e. The topological polar surface area (TPSA) is 103 Å². The van der Waals surface area contributed by atoms with Gasteiger partial charge in [0.25, 0.3) is 0 Å². The van der Waals surface area contributed by atoms with Gasteiger partial charge in [-0.15, -0.1) is 0 Å². The Balaban J connectivity index is 1.37. The van der Waals surface area contributed by atoms with Crippen LogP contribution in [0.5, 0.6) is 0 Å². The first-order chi connectivity index (χ1) is 14.6. The molecule has 0 aromatic carbocycles. The number of hydrogen-bond acceptors (Lipinski definition) is 7. The summed E-state index contributed by atoms with van der Waals surface area (Å²) in [4.78, 5) is 43.2. The number of esters is 1. The molecule has 0 atom stereocenters. The SMILES string of the molecule is CN=C(NCCC(=O)N1CCN(c2ncccn2)CC1)N1CCC(C(=O)OC)CC1. The summed E-state index contributed by atoms with van der Waals surface area (Å²) < 4.78 is 4.84. The number of nitrogens with one attached hydrogen (secondary N) is 1. The molecule has 2 fully saturated rings. The molecule has 10 nitrogen and oxygen atoms in total. The number of aliphatic imine (C=N–C) groups is 1. The number of anilines is 1. The molecule has 1 amide bonds. The van der Waals surface area contributed by atoms with E-state index in [9.17, 15) is 9.59 Å². The van der Waals surface area contributed by atoms with Crippen LogP contribution in [0.1, 0.15) is 19.3 Å². The van der Waals surface area contributed by atoms with E-state index in [1.54, 1.807) is 25.5 Å². The molecule has 0 radical (unpaired) electrons. The Morgan fingerprint density at radius 3 is 2.37 bits per heavy atom. The Morgan fingerprint density at radius 1 is 1.10 bits per heavy atom. The molecule has 1 aromatic heterocycles. The second kappa shape index (κ2) is 10.7. The van der Waals surface area contributed by atoms with Crippen molar-refractivity contribution >= 4 is 23.8 Å². The number of hydrogen-bond donors (Lipinski definition) is 1. The number of amides is 1. The molecule has 10 heteroatoms. The summed E-state index contributed by atoms with van der Waals surface area (Å²) >= 11 is 0. The third kappa shape index (κ3) is 5.58. The fourth-order valence-electron chi connectivity index (χ4n) is 3.88. The highest BCUT2D eigenvalue weighted by molar-refractivity contribution is 5.82. The van der Waals surface area contributed by atoms with Gasteiger partial charge < -0.3 is 24.8 Å². The molecular weight excluding hydrogens is 386 g/mol. The first-order valence-electron chi connectivity index (χ1n) is 10.5. The molecule has 3 rings (SSSR count). The predicted molar refractivity (Wildman–Crippen MR) is 113 cm³/mol. The highest BCUT2D eigenvalue weighted by atomic mass is 16.5. The average molecular weight is 418 g/mol. The third-order valence-corrected chi connectivity index (χ3v) is 5.63. The lowest BCUT2D eigenvalue weighted by Gasteiger charge is -2.35. The van der Waals surface area contributed by atoms with Crippen LogP contribution in [0.3, 0.4) is 0 Å². The van der Waals surface area contributed by atoms with E-state index in [2.05, 4.69) is 30.1 Å². The van der Waals surface area contributed by atoms with Gasteiger partial charge in [-0.05, 0) is 18.9 Å². The van der Waals surface area contributed by atoms with E-state index in [1.165, 1.54) is 7.11 Å². The maximum Gasteiger partial charge on any atom is 0.308 e. The number of ether oxygens (including phenoxy) is 1. The monoisotopic (exact) mass is 417 g/mol. The summed E-state index contributed by atoms with van der Waals surface area (Å²) in [6.07, 6.45) is 5.38. The van der Waals surface area contributed by atoms with Gasteiger partial charge in [0.05, 0.1) is 13.0 Å². The van der Waals surface area contributed by atoms with E-state index in [1.807, 2.05) is 4.90 Å². The summed E-state index contributed by atoms with van der Waals surface area (Å²) in [5.41, 5.74) is 0. The zero-order chi connectivity index (χ0) is 21.3. The van der Waals surface area contributed by atoms with E-state index < -0.39 is 0 Å². The van der Waals surface area contributed by atoms with Crippen LogP contribution in [0.4, 0.5) is 5.95 Å². The summed E-state index contributed by atoms with van der Waals surface area (Å²) in [7, 11) is 3.17. The molecule has 2 saturated heterocycles.